The highest BCUT2D eigenvalue weighted by Gasteiger charge is 2.34. The molecule has 0 aromatic rings. The van der Waals surface area contributed by atoms with E-state index in [4.69, 9.17) is 0 Å². The van der Waals surface area contributed by atoms with E-state index in [1.54, 1.807) is 0 Å². The van der Waals surface area contributed by atoms with Gasteiger partial charge >= 0.3 is 0 Å². The first-order valence-electron chi connectivity index (χ1n) is 8.29. The van der Waals surface area contributed by atoms with Gasteiger partial charge in [-0.15, -0.1) is 0 Å². The third-order valence-corrected chi connectivity index (χ3v) is 5.41. The van der Waals surface area contributed by atoms with Gasteiger partial charge in [-0.1, -0.05) is 26.2 Å². The Morgan fingerprint density at radius 1 is 1.16 bits per heavy atom. The molecule has 1 heterocycles. The second-order valence-corrected chi connectivity index (χ2v) is 6.79. The maximum atomic E-state index is 3.89. The molecule has 1 saturated heterocycles. The van der Waals surface area contributed by atoms with Crippen LogP contribution in [0.5, 0.6) is 0 Å². The van der Waals surface area contributed by atoms with E-state index >= 15 is 0 Å². The Morgan fingerprint density at radius 2 is 1.89 bits per heavy atom. The van der Waals surface area contributed by atoms with Crippen molar-refractivity contribution in [2.24, 2.45) is 0 Å². The first-order valence-corrected chi connectivity index (χ1v) is 8.29. The van der Waals surface area contributed by atoms with Crippen molar-refractivity contribution in [2.75, 3.05) is 40.3 Å². The van der Waals surface area contributed by atoms with Gasteiger partial charge in [0.05, 0.1) is 0 Å². The Morgan fingerprint density at radius 3 is 2.53 bits per heavy atom. The second-order valence-electron chi connectivity index (χ2n) is 6.79. The molecule has 0 aromatic heterocycles. The summed E-state index contributed by atoms with van der Waals surface area (Å²) in [7, 11) is 4.54. The number of likely N-dealkylation sites (N-methyl/N-ethyl adjacent to an activating group) is 2. The molecule has 0 aromatic carbocycles. The smallest absolute Gasteiger partial charge is 0.0328 e. The van der Waals surface area contributed by atoms with Crippen LogP contribution in [0.3, 0.4) is 0 Å². The third kappa shape index (κ3) is 3.93. The molecular weight excluding hydrogens is 234 g/mol. The van der Waals surface area contributed by atoms with Gasteiger partial charge in [0.25, 0.3) is 0 Å². The van der Waals surface area contributed by atoms with Crippen molar-refractivity contribution >= 4 is 0 Å². The molecule has 0 radical (unpaired) electrons. The fraction of sp³-hybridized carbons (Fsp3) is 1.00. The number of nitrogens with one attached hydrogen (secondary N) is 1. The molecule has 1 atom stereocenters. The van der Waals surface area contributed by atoms with Gasteiger partial charge in [-0.05, 0) is 52.9 Å². The van der Waals surface area contributed by atoms with E-state index in [0.717, 1.165) is 0 Å². The number of likely N-dealkylation sites (tertiary alicyclic amines) is 1. The molecule has 1 aliphatic carbocycles. The highest BCUT2D eigenvalue weighted by atomic mass is 15.2. The molecule has 2 aliphatic rings. The normalized spacial score (nSPS) is 28.7. The van der Waals surface area contributed by atoms with Gasteiger partial charge in [0, 0.05) is 24.7 Å². The van der Waals surface area contributed by atoms with Crippen molar-refractivity contribution in [3.8, 4) is 0 Å². The Labute approximate surface area is 119 Å². The quantitative estimate of drug-likeness (QED) is 0.825. The topological polar surface area (TPSA) is 18.5 Å². The monoisotopic (exact) mass is 267 g/mol. The zero-order valence-electron chi connectivity index (χ0n) is 13.2. The molecule has 112 valence electrons. The standard InChI is InChI=1S/C16H33N3/c1-4-19-12-8-9-15(13-19)17-14-16(18(2)3)10-6-5-7-11-16/h15,17H,4-14H2,1-3H3/t15-/m0/s1. The molecule has 0 spiro atoms. The summed E-state index contributed by atoms with van der Waals surface area (Å²) in [6.07, 6.45) is 9.72. The van der Waals surface area contributed by atoms with Crippen LogP contribution in [0.1, 0.15) is 51.9 Å². The minimum Gasteiger partial charge on any atom is -0.311 e. The molecular formula is C16H33N3. The fourth-order valence-electron chi connectivity index (χ4n) is 3.84. The number of nitrogens with zero attached hydrogens (tertiary/aromatic N) is 2. The largest absolute Gasteiger partial charge is 0.311 e. The number of hydrogen-bond donors (Lipinski definition) is 1. The molecule has 1 N–H and O–H groups in total. The van der Waals surface area contributed by atoms with Crippen molar-refractivity contribution < 1.29 is 0 Å². The third-order valence-electron chi connectivity index (χ3n) is 5.41. The van der Waals surface area contributed by atoms with E-state index in [9.17, 15) is 0 Å². The summed E-state index contributed by atoms with van der Waals surface area (Å²) in [5.41, 5.74) is 0.423. The number of rotatable bonds is 5. The molecule has 19 heavy (non-hydrogen) atoms. The first-order chi connectivity index (χ1) is 9.16. The molecule has 0 unspecified atom stereocenters. The Hall–Kier alpha value is -0.120. The van der Waals surface area contributed by atoms with Crippen molar-refractivity contribution in [3.63, 3.8) is 0 Å². The molecule has 0 bridgehead atoms. The first kappa shape index (κ1) is 15.3. The molecule has 0 amide bonds. The SMILES string of the molecule is CCN1CCC[C@H](NCC2(N(C)C)CCCCC2)C1. The van der Waals surface area contributed by atoms with Gasteiger partial charge in [-0.2, -0.15) is 0 Å². The Bertz CT molecular complexity index is 259. The van der Waals surface area contributed by atoms with Crippen molar-refractivity contribution in [3.05, 3.63) is 0 Å². The van der Waals surface area contributed by atoms with Crippen LogP contribution in [-0.2, 0) is 0 Å². The highest BCUT2D eigenvalue weighted by molar-refractivity contribution is 4.94. The van der Waals surface area contributed by atoms with Crippen molar-refractivity contribution in [1.82, 2.24) is 15.1 Å². The molecule has 2 fully saturated rings. The number of hydrogen-bond acceptors (Lipinski definition) is 3. The van der Waals surface area contributed by atoms with Crippen LogP contribution in [0.25, 0.3) is 0 Å². The van der Waals surface area contributed by atoms with Crippen molar-refractivity contribution in [1.29, 1.82) is 0 Å². The summed E-state index contributed by atoms with van der Waals surface area (Å²) in [4.78, 5) is 5.07. The fourth-order valence-corrected chi connectivity index (χ4v) is 3.84. The van der Waals surface area contributed by atoms with Gasteiger partial charge in [0.15, 0.2) is 0 Å². The Balaban J connectivity index is 1.84. The molecule has 1 saturated carbocycles. The van der Waals surface area contributed by atoms with Crippen LogP contribution >= 0.6 is 0 Å². The van der Waals surface area contributed by atoms with Gasteiger partial charge in [0.2, 0.25) is 0 Å². The lowest BCUT2D eigenvalue weighted by Crippen LogP contribution is -2.56. The maximum Gasteiger partial charge on any atom is 0.0328 e. The lowest BCUT2D eigenvalue weighted by Gasteiger charge is -2.45. The van der Waals surface area contributed by atoms with E-state index in [-0.39, 0.29) is 0 Å². The zero-order valence-corrected chi connectivity index (χ0v) is 13.2. The molecule has 3 heteroatoms. The van der Waals surface area contributed by atoms with E-state index in [0.29, 0.717) is 11.6 Å². The van der Waals surface area contributed by atoms with Gasteiger partial charge in [-0.25, -0.2) is 0 Å². The van der Waals surface area contributed by atoms with Crippen LogP contribution in [0, 0.1) is 0 Å². The van der Waals surface area contributed by atoms with Gasteiger partial charge < -0.3 is 15.1 Å². The summed E-state index contributed by atoms with van der Waals surface area (Å²) in [6, 6.07) is 0.715. The predicted octanol–water partition coefficient (Wildman–Crippen LogP) is 2.32. The van der Waals surface area contributed by atoms with Crippen LogP contribution in [0.15, 0.2) is 0 Å². The molecule has 1 aliphatic heterocycles. The maximum absolute atomic E-state index is 3.89. The summed E-state index contributed by atoms with van der Waals surface area (Å²) < 4.78 is 0. The van der Waals surface area contributed by atoms with Crippen LogP contribution in [0.2, 0.25) is 0 Å². The van der Waals surface area contributed by atoms with Gasteiger partial charge in [0.1, 0.15) is 0 Å². The summed E-state index contributed by atoms with van der Waals surface area (Å²) in [6.45, 7) is 7.22. The predicted molar refractivity (Wildman–Crippen MR) is 82.6 cm³/mol. The van der Waals surface area contributed by atoms with Crippen LogP contribution < -0.4 is 5.32 Å². The molecule has 3 nitrogen and oxygen atoms in total. The minimum absolute atomic E-state index is 0.423. The van der Waals surface area contributed by atoms with E-state index < -0.39 is 0 Å². The average Bonchev–Trinajstić information content (AvgIpc) is 2.46. The van der Waals surface area contributed by atoms with Crippen molar-refractivity contribution in [2.45, 2.75) is 63.5 Å². The zero-order chi connectivity index (χ0) is 13.7. The average molecular weight is 267 g/mol. The van der Waals surface area contributed by atoms with E-state index in [1.165, 1.54) is 71.1 Å². The lowest BCUT2D eigenvalue weighted by atomic mass is 9.80. The Kier molecular flexibility index (Phi) is 5.67. The van der Waals surface area contributed by atoms with Gasteiger partial charge in [-0.3, -0.25) is 0 Å². The van der Waals surface area contributed by atoms with E-state index in [2.05, 4.69) is 36.1 Å². The lowest BCUT2D eigenvalue weighted by molar-refractivity contribution is 0.0883. The second kappa shape index (κ2) is 7.05. The minimum atomic E-state index is 0.423. The van der Waals surface area contributed by atoms with Crippen LogP contribution in [0.4, 0.5) is 0 Å². The van der Waals surface area contributed by atoms with Crippen LogP contribution in [-0.4, -0.2) is 61.7 Å². The summed E-state index contributed by atoms with van der Waals surface area (Å²) >= 11 is 0. The summed E-state index contributed by atoms with van der Waals surface area (Å²) in [5, 5.41) is 3.89. The highest BCUT2D eigenvalue weighted by Crippen LogP contribution is 2.31. The van der Waals surface area contributed by atoms with E-state index in [1.807, 2.05) is 0 Å². The number of piperidine rings is 1. The molecule has 2 rings (SSSR count). The summed E-state index contributed by atoms with van der Waals surface area (Å²) in [5.74, 6) is 0.